The van der Waals surface area contributed by atoms with Crippen molar-refractivity contribution in [1.29, 1.82) is 0 Å². The summed E-state index contributed by atoms with van der Waals surface area (Å²) in [4.78, 5) is 27.1. The van der Waals surface area contributed by atoms with Crippen LogP contribution >= 0.6 is 23.8 Å². The van der Waals surface area contributed by atoms with Gasteiger partial charge in [0.2, 0.25) is 5.76 Å². The monoisotopic (exact) mass is 246 g/mol. The summed E-state index contributed by atoms with van der Waals surface area (Å²) < 4.78 is 13.8. The lowest BCUT2D eigenvalue weighted by atomic mass is 10.6. The Morgan fingerprint density at radius 1 is 1.55 bits per heavy atom. The Kier molecular flexibility index (Phi) is 3.74. The number of phosphoric acid groups is 1. The number of hydrogen-bond donors (Lipinski definition) is 3. The van der Waals surface area contributed by atoms with Crippen LogP contribution in [-0.4, -0.2) is 20.9 Å². The van der Waals surface area contributed by atoms with Crippen molar-refractivity contribution in [1.82, 2.24) is 0 Å². The maximum absolute atomic E-state index is 10.1. The van der Waals surface area contributed by atoms with Crippen LogP contribution in [0.15, 0.2) is 10.7 Å². The molecule has 0 aliphatic rings. The number of halogens is 1. The Bertz CT molecular complexity index is 228. The van der Waals surface area contributed by atoms with Gasteiger partial charge in [0, 0.05) is 4.99 Å². The molecule has 0 radical (unpaired) electrons. The molecule has 0 saturated carbocycles. The lowest BCUT2D eigenvalue weighted by Crippen LogP contribution is -2.02. The molecule has 0 aromatic rings. The fraction of sp³-hybridized carbons (Fsp3) is 0. The first-order chi connectivity index (χ1) is 4.87. The van der Waals surface area contributed by atoms with Gasteiger partial charge in [0.25, 0.3) is 0 Å². The van der Waals surface area contributed by atoms with Gasteiger partial charge in [-0.25, -0.2) is 9.36 Å². The quantitative estimate of drug-likeness (QED) is 0.379. The van der Waals surface area contributed by atoms with E-state index in [1.807, 2.05) is 0 Å². The zero-order valence-electron chi connectivity index (χ0n) is 4.97. The van der Waals surface area contributed by atoms with Gasteiger partial charge in [0.15, 0.2) is 0 Å². The van der Waals surface area contributed by atoms with Crippen LogP contribution in [-0.2, 0) is 13.9 Å². The fourth-order valence-corrected chi connectivity index (χ4v) is 1.05. The summed E-state index contributed by atoms with van der Waals surface area (Å²) in [6.45, 7) is 0. The molecule has 0 aromatic heterocycles. The molecule has 6 nitrogen and oxygen atoms in total. The Hall–Kier alpha value is -0.360. The number of carbonyl (C=O) groups is 1. The maximum Gasteiger partial charge on any atom is 0.525 e. The van der Waals surface area contributed by atoms with Crippen molar-refractivity contribution in [3.8, 4) is 0 Å². The van der Waals surface area contributed by atoms with Crippen molar-refractivity contribution >= 4 is 29.7 Å². The summed E-state index contributed by atoms with van der Waals surface area (Å²) in [7, 11) is -4.77. The number of rotatable bonds is 3. The first-order valence-corrected chi connectivity index (χ1v) is 4.60. The van der Waals surface area contributed by atoms with E-state index in [1.54, 1.807) is 0 Å². The molecule has 3 N–H and O–H groups in total. The van der Waals surface area contributed by atoms with Crippen molar-refractivity contribution < 1.29 is 28.8 Å². The molecule has 0 fully saturated rings. The van der Waals surface area contributed by atoms with Gasteiger partial charge >= 0.3 is 13.8 Å². The lowest BCUT2D eigenvalue weighted by Gasteiger charge is -2.04. The van der Waals surface area contributed by atoms with E-state index in [-0.39, 0.29) is 0 Å². The molecule has 0 saturated heterocycles. The van der Waals surface area contributed by atoms with Gasteiger partial charge in [-0.1, -0.05) is 15.9 Å². The Labute approximate surface area is 69.9 Å². The van der Waals surface area contributed by atoms with Crippen LogP contribution in [0.3, 0.4) is 0 Å². The van der Waals surface area contributed by atoms with Crippen molar-refractivity contribution in [2.45, 2.75) is 0 Å². The van der Waals surface area contributed by atoms with Crippen LogP contribution in [0.4, 0.5) is 0 Å². The van der Waals surface area contributed by atoms with Gasteiger partial charge in [-0.15, -0.1) is 0 Å². The number of phosphoric ester groups is 1. The molecule has 0 aliphatic carbocycles. The zero-order chi connectivity index (χ0) is 9.07. The summed E-state index contributed by atoms with van der Waals surface area (Å²) in [5.74, 6) is -2.41. The fourth-order valence-electron chi connectivity index (χ4n) is 0.234. The predicted molar refractivity (Wildman–Crippen MR) is 37.8 cm³/mol. The maximum atomic E-state index is 10.1. The number of aliphatic carboxylic acids is 1. The molecule has 11 heavy (non-hydrogen) atoms. The highest BCUT2D eigenvalue weighted by Crippen LogP contribution is 2.39. The summed E-state index contributed by atoms with van der Waals surface area (Å²) in [5, 5.41) is 8.17. The minimum Gasteiger partial charge on any atom is -0.475 e. The van der Waals surface area contributed by atoms with Crippen molar-refractivity contribution in [2.24, 2.45) is 0 Å². The summed E-state index contributed by atoms with van der Waals surface area (Å²) >= 11 is 2.56. The first kappa shape index (κ1) is 10.6. The van der Waals surface area contributed by atoms with Crippen LogP contribution in [0.25, 0.3) is 0 Å². The highest BCUT2D eigenvalue weighted by atomic mass is 79.9. The first-order valence-electron chi connectivity index (χ1n) is 2.15. The molecule has 8 heteroatoms. The van der Waals surface area contributed by atoms with Crippen molar-refractivity contribution in [3.63, 3.8) is 0 Å². The van der Waals surface area contributed by atoms with E-state index in [2.05, 4.69) is 20.5 Å². The molecule has 0 spiro atoms. The zero-order valence-corrected chi connectivity index (χ0v) is 7.45. The average Bonchev–Trinajstić information content (AvgIpc) is 1.80. The highest BCUT2D eigenvalue weighted by Gasteiger charge is 2.21. The minimum absolute atomic E-state index is 0.758. The standard InChI is InChI=1S/C3H4BrO6P/c4-1-2(3(5)6)10-11(7,8)9/h1H,(H,5,6)(H2,7,8,9). The molecule has 64 valence electrons. The Balaban J connectivity index is 4.37. The SMILES string of the molecule is O=C(O)C(=CBr)OP(=O)(O)O. The van der Waals surface area contributed by atoms with Crippen molar-refractivity contribution in [2.75, 3.05) is 0 Å². The van der Waals surface area contributed by atoms with Gasteiger partial charge in [-0.3, -0.25) is 9.79 Å². The third kappa shape index (κ3) is 4.97. The predicted octanol–water partition coefficient (Wildman–Crippen LogP) is 0.417. The molecule has 0 rings (SSSR count). The molecule has 0 atom stereocenters. The summed E-state index contributed by atoms with van der Waals surface area (Å²) in [5.41, 5.74) is 0. The van der Waals surface area contributed by atoms with E-state index in [0.717, 1.165) is 4.99 Å². The highest BCUT2D eigenvalue weighted by molar-refractivity contribution is 9.11. The number of carboxylic acids is 1. The lowest BCUT2D eigenvalue weighted by molar-refractivity contribution is -0.135. The topological polar surface area (TPSA) is 104 Å². The smallest absolute Gasteiger partial charge is 0.475 e. The minimum atomic E-state index is -4.77. The summed E-state index contributed by atoms with van der Waals surface area (Å²) in [6.07, 6.45) is 0. The Morgan fingerprint density at radius 2 is 2.00 bits per heavy atom. The number of hydrogen-bond acceptors (Lipinski definition) is 3. The van der Waals surface area contributed by atoms with Gasteiger partial charge in [-0.05, 0) is 0 Å². The van der Waals surface area contributed by atoms with E-state index in [9.17, 15) is 9.36 Å². The average molecular weight is 247 g/mol. The second-order valence-corrected chi connectivity index (χ2v) is 2.98. The normalized spacial score (nSPS) is 12.8. The number of carboxylic acid groups (broad SMARTS) is 1. The molecule has 0 heterocycles. The Morgan fingerprint density at radius 3 is 2.09 bits per heavy atom. The molecular formula is C3H4BrO6P. The van der Waals surface area contributed by atoms with Crippen LogP contribution in [0.2, 0.25) is 0 Å². The van der Waals surface area contributed by atoms with Crippen LogP contribution in [0.1, 0.15) is 0 Å². The second kappa shape index (κ2) is 3.87. The van der Waals surface area contributed by atoms with E-state index < -0.39 is 19.6 Å². The summed E-state index contributed by atoms with van der Waals surface area (Å²) in [6, 6.07) is 0. The largest absolute Gasteiger partial charge is 0.525 e. The molecule has 0 unspecified atom stereocenters. The molecule has 0 amide bonds. The third-order valence-electron chi connectivity index (χ3n) is 0.527. The molecule has 0 aromatic carbocycles. The van der Waals surface area contributed by atoms with Gasteiger partial charge in [0.1, 0.15) is 0 Å². The third-order valence-corrected chi connectivity index (χ3v) is 1.38. The van der Waals surface area contributed by atoms with Crippen molar-refractivity contribution in [3.05, 3.63) is 10.7 Å². The van der Waals surface area contributed by atoms with E-state index in [1.165, 1.54) is 0 Å². The van der Waals surface area contributed by atoms with E-state index in [0.29, 0.717) is 0 Å². The van der Waals surface area contributed by atoms with E-state index >= 15 is 0 Å². The van der Waals surface area contributed by atoms with Gasteiger partial charge in [0.05, 0.1) is 0 Å². The van der Waals surface area contributed by atoms with Crippen LogP contribution in [0.5, 0.6) is 0 Å². The van der Waals surface area contributed by atoms with Gasteiger partial charge in [-0.2, -0.15) is 0 Å². The van der Waals surface area contributed by atoms with Crippen LogP contribution in [0, 0.1) is 0 Å². The van der Waals surface area contributed by atoms with Gasteiger partial charge < -0.3 is 9.63 Å². The molecule has 0 bridgehead atoms. The molecule has 0 aliphatic heterocycles. The van der Waals surface area contributed by atoms with E-state index in [4.69, 9.17) is 14.9 Å². The molecular weight excluding hydrogens is 243 g/mol. The second-order valence-electron chi connectivity index (χ2n) is 1.36. The van der Waals surface area contributed by atoms with Crippen LogP contribution < -0.4 is 0 Å².